The number of pyridine rings is 1. The van der Waals surface area contributed by atoms with Gasteiger partial charge < -0.3 is 5.73 Å². The number of hydrogen-bond donors (Lipinski definition) is 1. The third kappa shape index (κ3) is 3.53. The van der Waals surface area contributed by atoms with Gasteiger partial charge in [-0.1, -0.05) is 0 Å². The van der Waals surface area contributed by atoms with E-state index in [1.54, 1.807) is 24.5 Å². The molecule has 2 heterocycles. The first-order chi connectivity index (χ1) is 9.37. The van der Waals surface area contributed by atoms with E-state index in [1.165, 1.54) is 0 Å². The highest BCUT2D eigenvalue weighted by atomic mass is 32.1. The molecule has 8 heteroatoms. The molecule has 2 aromatic heterocycles. The molecular formula is C12H10F3N3OS. The Kier molecular flexibility index (Phi) is 4.03. The first kappa shape index (κ1) is 14.4. The number of anilines is 1. The number of alkyl halides is 3. The average molecular weight is 301 g/mol. The fourth-order valence-corrected chi connectivity index (χ4v) is 2.46. The summed E-state index contributed by atoms with van der Waals surface area (Å²) < 4.78 is 36.3. The molecule has 0 atom stereocenters. The Labute approximate surface area is 116 Å². The maximum Gasteiger partial charge on any atom is 0.389 e. The van der Waals surface area contributed by atoms with Gasteiger partial charge in [0, 0.05) is 24.4 Å². The topological polar surface area (TPSA) is 68.9 Å². The Morgan fingerprint density at radius 1 is 1.40 bits per heavy atom. The van der Waals surface area contributed by atoms with Crippen molar-refractivity contribution in [2.75, 3.05) is 5.73 Å². The summed E-state index contributed by atoms with van der Waals surface area (Å²) in [4.78, 5) is 19.7. The van der Waals surface area contributed by atoms with Gasteiger partial charge in [-0.2, -0.15) is 13.2 Å². The second-order valence-electron chi connectivity index (χ2n) is 4.01. The average Bonchev–Trinajstić information content (AvgIpc) is 2.78. The van der Waals surface area contributed by atoms with E-state index in [4.69, 9.17) is 5.73 Å². The van der Waals surface area contributed by atoms with Crippen LogP contribution >= 0.6 is 11.3 Å². The van der Waals surface area contributed by atoms with E-state index in [1.807, 2.05) is 0 Å². The molecule has 0 saturated carbocycles. The number of thiazole rings is 1. The second-order valence-corrected chi connectivity index (χ2v) is 5.01. The minimum absolute atomic E-state index is 0.0407. The number of carbonyl (C=O) groups is 1. The molecule has 0 bridgehead atoms. The summed E-state index contributed by atoms with van der Waals surface area (Å²) in [5.41, 5.74) is 6.26. The third-order valence-electron chi connectivity index (χ3n) is 2.45. The maximum atomic E-state index is 12.1. The summed E-state index contributed by atoms with van der Waals surface area (Å²) in [6, 6.07) is 3.42. The van der Waals surface area contributed by atoms with E-state index in [2.05, 4.69) is 9.97 Å². The highest BCUT2D eigenvalue weighted by molar-refractivity contribution is 7.17. The Morgan fingerprint density at radius 2 is 2.15 bits per heavy atom. The lowest BCUT2D eigenvalue weighted by Crippen LogP contribution is -2.11. The summed E-state index contributed by atoms with van der Waals surface area (Å²) in [6.07, 6.45) is -3.02. The maximum absolute atomic E-state index is 12.1. The van der Waals surface area contributed by atoms with Crippen molar-refractivity contribution < 1.29 is 18.0 Å². The molecule has 4 nitrogen and oxygen atoms in total. The predicted octanol–water partition coefficient (Wildman–Crippen LogP) is 3.31. The van der Waals surface area contributed by atoms with Crippen molar-refractivity contribution in [2.45, 2.75) is 19.0 Å². The molecule has 2 aromatic rings. The number of ketones is 1. The molecule has 0 saturated heterocycles. The SMILES string of the molecule is Nc1nc(-c2cccnc2)sc1C(=O)CCC(F)(F)F. The molecule has 0 spiro atoms. The summed E-state index contributed by atoms with van der Waals surface area (Å²) in [5, 5.41) is 0.464. The lowest BCUT2D eigenvalue weighted by Gasteiger charge is -2.03. The van der Waals surface area contributed by atoms with Gasteiger partial charge in [0.25, 0.3) is 0 Å². The molecular weight excluding hydrogens is 291 g/mol. The fourth-order valence-electron chi connectivity index (χ4n) is 1.51. The van der Waals surface area contributed by atoms with Crippen molar-refractivity contribution in [3.05, 3.63) is 29.4 Å². The van der Waals surface area contributed by atoms with E-state index in [-0.39, 0.29) is 10.7 Å². The molecule has 0 amide bonds. The zero-order chi connectivity index (χ0) is 14.8. The van der Waals surface area contributed by atoms with Crippen LogP contribution in [0.2, 0.25) is 0 Å². The number of hydrogen-bond acceptors (Lipinski definition) is 5. The number of aromatic nitrogens is 2. The first-order valence-electron chi connectivity index (χ1n) is 5.63. The van der Waals surface area contributed by atoms with Crippen LogP contribution in [0.25, 0.3) is 10.6 Å². The van der Waals surface area contributed by atoms with Crippen molar-refractivity contribution in [2.24, 2.45) is 0 Å². The van der Waals surface area contributed by atoms with Crippen molar-refractivity contribution in [1.82, 2.24) is 9.97 Å². The second kappa shape index (κ2) is 5.58. The van der Waals surface area contributed by atoms with E-state index < -0.39 is 24.8 Å². The smallest absolute Gasteiger partial charge is 0.382 e. The molecule has 0 aliphatic heterocycles. The number of rotatable bonds is 4. The van der Waals surface area contributed by atoms with Gasteiger partial charge in [0.05, 0.1) is 6.42 Å². The van der Waals surface area contributed by atoms with Crippen LogP contribution in [0, 0.1) is 0 Å². The first-order valence-corrected chi connectivity index (χ1v) is 6.45. The normalized spacial score (nSPS) is 11.6. The number of nitrogens with zero attached hydrogens (tertiary/aromatic N) is 2. The molecule has 0 aliphatic rings. The fraction of sp³-hybridized carbons (Fsp3) is 0.250. The number of nitrogens with two attached hydrogens (primary N) is 1. The number of nitrogen functional groups attached to an aromatic ring is 1. The third-order valence-corrected chi connectivity index (χ3v) is 3.61. The summed E-state index contributed by atoms with van der Waals surface area (Å²) in [6.45, 7) is 0. The minimum Gasteiger partial charge on any atom is -0.382 e. The van der Waals surface area contributed by atoms with Gasteiger partial charge in [0.2, 0.25) is 0 Å². The monoisotopic (exact) mass is 301 g/mol. The van der Waals surface area contributed by atoms with Gasteiger partial charge in [-0.05, 0) is 12.1 Å². The van der Waals surface area contributed by atoms with Crippen molar-refractivity contribution in [1.29, 1.82) is 0 Å². The van der Waals surface area contributed by atoms with Crippen molar-refractivity contribution in [3.63, 3.8) is 0 Å². The van der Waals surface area contributed by atoms with E-state index in [0.29, 0.717) is 10.6 Å². The summed E-state index contributed by atoms with van der Waals surface area (Å²) >= 11 is 0.978. The van der Waals surface area contributed by atoms with Crippen LogP contribution < -0.4 is 5.73 Å². The zero-order valence-electron chi connectivity index (χ0n) is 10.1. The number of halogens is 3. The van der Waals surface area contributed by atoms with Crippen LogP contribution in [0.1, 0.15) is 22.5 Å². The van der Waals surface area contributed by atoms with Crippen LogP contribution in [-0.4, -0.2) is 21.9 Å². The highest BCUT2D eigenvalue weighted by Gasteiger charge is 2.29. The molecule has 2 rings (SSSR count). The molecule has 0 aliphatic carbocycles. The molecule has 106 valence electrons. The van der Waals surface area contributed by atoms with Crippen molar-refractivity contribution in [3.8, 4) is 10.6 Å². The quantitative estimate of drug-likeness (QED) is 0.880. The standard InChI is InChI=1S/C12H10F3N3OS/c13-12(14,15)4-3-8(19)9-10(16)18-11(20-9)7-2-1-5-17-6-7/h1-2,5-6H,3-4,16H2. The van der Waals surface area contributed by atoms with Crippen LogP contribution in [0.15, 0.2) is 24.5 Å². The molecule has 2 N–H and O–H groups in total. The molecule has 0 radical (unpaired) electrons. The Bertz CT molecular complexity index is 610. The zero-order valence-corrected chi connectivity index (χ0v) is 11.0. The molecule has 0 fully saturated rings. The van der Waals surface area contributed by atoms with Gasteiger partial charge in [-0.3, -0.25) is 9.78 Å². The van der Waals surface area contributed by atoms with Gasteiger partial charge in [0.15, 0.2) is 5.78 Å². The summed E-state index contributed by atoms with van der Waals surface area (Å²) in [7, 11) is 0. The van der Waals surface area contributed by atoms with Gasteiger partial charge in [-0.25, -0.2) is 4.98 Å². The molecule has 0 unspecified atom stereocenters. The molecule has 20 heavy (non-hydrogen) atoms. The van der Waals surface area contributed by atoms with E-state index in [0.717, 1.165) is 11.3 Å². The predicted molar refractivity (Wildman–Crippen MR) is 69.4 cm³/mol. The minimum atomic E-state index is -4.36. The lowest BCUT2D eigenvalue weighted by molar-refractivity contribution is -0.133. The van der Waals surface area contributed by atoms with Crippen molar-refractivity contribution >= 4 is 22.9 Å². The Morgan fingerprint density at radius 3 is 2.75 bits per heavy atom. The number of carbonyl (C=O) groups excluding carboxylic acids is 1. The summed E-state index contributed by atoms with van der Waals surface area (Å²) in [5.74, 6) is -0.687. The van der Waals surface area contributed by atoms with Gasteiger partial charge >= 0.3 is 6.18 Å². The van der Waals surface area contributed by atoms with E-state index in [9.17, 15) is 18.0 Å². The van der Waals surface area contributed by atoms with Crippen LogP contribution in [0.4, 0.5) is 19.0 Å². The number of Topliss-reactive ketones (excluding diaryl/α,β-unsaturated/α-hetero) is 1. The van der Waals surface area contributed by atoms with Crippen LogP contribution in [0.3, 0.4) is 0 Å². The highest BCUT2D eigenvalue weighted by Crippen LogP contribution is 2.31. The lowest BCUT2D eigenvalue weighted by atomic mass is 10.2. The molecule has 0 aromatic carbocycles. The van der Waals surface area contributed by atoms with Gasteiger partial charge in [0.1, 0.15) is 15.7 Å². The Balaban J connectivity index is 2.18. The Hall–Kier alpha value is -1.96. The van der Waals surface area contributed by atoms with Gasteiger partial charge in [-0.15, -0.1) is 11.3 Å². The van der Waals surface area contributed by atoms with Crippen LogP contribution in [0.5, 0.6) is 0 Å². The largest absolute Gasteiger partial charge is 0.389 e. The van der Waals surface area contributed by atoms with Crippen LogP contribution in [-0.2, 0) is 0 Å². The van der Waals surface area contributed by atoms with E-state index >= 15 is 0 Å².